The molecule has 23 heavy (non-hydrogen) atoms. The van der Waals surface area contributed by atoms with Gasteiger partial charge in [-0.3, -0.25) is 0 Å². The second-order valence-corrected chi connectivity index (χ2v) is 5.72. The molecule has 4 aromatic rings. The average molecular weight is 302 g/mol. The summed E-state index contributed by atoms with van der Waals surface area (Å²) in [5.74, 6) is 0.425. The summed E-state index contributed by atoms with van der Waals surface area (Å²) in [7, 11) is 0. The van der Waals surface area contributed by atoms with E-state index < -0.39 is 0 Å². The monoisotopic (exact) mass is 302 g/mol. The van der Waals surface area contributed by atoms with Gasteiger partial charge in [-0.2, -0.15) is 9.61 Å². The molecule has 114 valence electrons. The Bertz CT molecular complexity index is 1000. The van der Waals surface area contributed by atoms with Gasteiger partial charge in [0.15, 0.2) is 0 Å². The number of nitrogens with two attached hydrogens (primary N) is 1. The minimum atomic E-state index is 0.425. The van der Waals surface area contributed by atoms with Crippen molar-refractivity contribution in [2.75, 3.05) is 5.73 Å². The molecule has 0 fully saturated rings. The van der Waals surface area contributed by atoms with Gasteiger partial charge in [-0.05, 0) is 29.7 Å². The van der Waals surface area contributed by atoms with Crippen LogP contribution in [0.3, 0.4) is 0 Å². The molecule has 4 heteroatoms. The van der Waals surface area contributed by atoms with Crippen LogP contribution in [0.25, 0.3) is 16.4 Å². The zero-order valence-corrected chi connectivity index (χ0v) is 13.0. The first-order chi connectivity index (χ1) is 11.3. The Labute approximate surface area is 134 Å². The molecule has 0 aliphatic carbocycles. The molecule has 0 spiro atoms. The van der Waals surface area contributed by atoms with E-state index in [2.05, 4.69) is 53.4 Å². The molecule has 4 rings (SSSR count). The summed E-state index contributed by atoms with van der Waals surface area (Å²) in [6.45, 7) is 2.18. The van der Waals surface area contributed by atoms with Crippen molar-refractivity contribution in [3.05, 3.63) is 71.4 Å². The Hall–Kier alpha value is -2.88. The van der Waals surface area contributed by atoms with Gasteiger partial charge < -0.3 is 5.73 Å². The Morgan fingerprint density at radius 1 is 1.00 bits per heavy atom. The second-order valence-electron chi connectivity index (χ2n) is 5.72. The molecular weight excluding hydrogens is 284 g/mol. The number of benzene rings is 2. The smallest absolute Gasteiger partial charge is 0.222 e. The highest BCUT2D eigenvalue weighted by molar-refractivity contribution is 5.94. The third-order valence-corrected chi connectivity index (χ3v) is 4.26. The van der Waals surface area contributed by atoms with Crippen molar-refractivity contribution in [3.63, 3.8) is 0 Å². The Morgan fingerprint density at radius 2 is 1.74 bits per heavy atom. The first-order valence-corrected chi connectivity index (χ1v) is 7.86. The lowest BCUT2D eigenvalue weighted by molar-refractivity contribution is 0.898. The van der Waals surface area contributed by atoms with Crippen LogP contribution in [-0.4, -0.2) is 14.6 Å². The van der Waals surface area contributed by atoms with Crippen molar-refractivity contribution in [1.82, 2.24) is 14.6 Å². The molecule has 0 atom stereocenters. The first kappa shape index (κ1) is 13.8. The lowest BCUT2D eigenvalue weighted by Gasteiger charge is -2.05. The topological polar surface area (TPSA) is 56.2 Å². The summed E-state index contributed by atoms with van der Waals surface area (Å²) >= 11 is 0. The van der Waals surface area contributed by atoms with Crippen molar-refractivity contribution in [3.8, 4) is 0 Å². The zero-order chi connectivity index (χ0) is 15.8. The summed E-state index contributed by atoms with van der Waals surface area (Å²) in [5, 5.41) is 5.74. The van der Waals surface area contributed by atoms with E-state index >= 15 is 0 Å². The molecule has 0 bridgehead atoms. The lowest BCUT2D eigenvalue weighted by Crippen LogP contribution is -2.03. The molecule has 2 N–H and O–H groups in total. The predicted octanol–water partition coefficient (Wildman–Crippen LogP) is 3.62. The normalized spacial score (nSPS) is 11.3. The van der Waals surface area contributed by atoms with Crippen LogP contribution in [-0.2, 0) is 12.8 Å². The van der Waals surface area contributed by atoms with E-state index in [1.807, 2.05) is 18.2 Å². The molecule has 2 aromatic carbocycles. The van der Waals surface area contributed by atoms with Crippen LogP contribution in [0.5, 0.6) is 0 Å². The Morgan fingerprint density at radius 3 is 2.57 bits per heavy atom. The number of hydrogen-bond donors (Lipinski definition) is 1. The summed E-state index contributed by atoms with van der Waals surface area (Å²) in [6.07, 6.45) is 1.83. The van der Waals surface area contributed by atoms with E-state index in [1.165, 1.54) is 11.1 Å². The van der Waals surface area contributed by atoms with E-state index in [1.54, 1.807) is 4.52 Å². The fourth-order valence-corrected chi connectivity index (χ4v) is 3.11. The van der Waals surface area contributed by atoms with Gasteiger partial charge in [0.1, 0.15) is 0 Å². The van der Waals surface area contributed by atoms with E-state index in [9.17, 15) is 0 Å². The van der Waals surface area contributed by atoms with Gasteiger partial charge in [0, 0.05) is 11.8 Å². The number of anilines is 1. The molecule has 0 unspecified atom stereocenters. The summed E-state index contributed by atoms with van der Waals surface area (Å²) in [5.41, 5.74) is 11.7. The van der Waals surface area contributed by atoms with Gasteiger partial charge >= 0.3 is 0 Å². The van der Waals surface area contributed by atoms with Crippen molar-refractivity contribution in [2.45, 2.75) is 19.8 Å². The largest absolute Gasteiger partial charge is 0.368 e. The number of hydrogen-bond acceptors (Lipinski definition) is 3. The van der Waals surface area contributed by atoms with Crippen LogP contribution in [0, 0.1) is 0 Å². The number of aryl methyl sites for hydroxylation is 1. The van der Waals surface area contributed by atoms with Crippen LogP contribution >= 0.6 is 0 Å². The van der Waals surface area contributed by atoms with Crippen LogP contribution in [0.1, 0.15) is 23.7 Å². The molecule has 2 aromatic heterocycles. The average Bonchev–Trinajstić information content (AvgIpc) is 3.00. The third kappa shape index (κ3) is 2.32. The van der Waals surface area contributed by atoms with Crippen molar-refractivity contribution < 1.29 is 0 Å². The van der Waals surface area contributed by atoms with Gasteiger partial charge in [-0.1, -0.05) is 49.4 Å². The SMILES string of the molecule is CCc1ccccc1Cc1cc2c3ccccc3nc(N)n2n1. The molecular formula is C19H18N4. The van der Waals surface area contributed by atoms with E-state index in [0.717, 1.165) is 35.0 Å². The third-order valence-electron chi connectivity index (χ3n) is 4.26. The van der Waals surface area contributed by atoms with Gasteiger partial charge in [0.05, 0.1) is 16.7 Å². The standard InChI is InChI=1S/C19H18N4/c1-2-13-7-3-4-8-14(13)11-15-12-18-16-9-5-6-10-17(16)21-19(20)23(18)22-15/h3-10,12H,2,11H2,1H3,(H2,20,21). The predicted molar refractivity (Wildman–Crippen MR) is 93.5 cm³/mol. The molecule has 4 nitrogen and oxygen atoms in total. The van der Waals surface area contributed by atoms with E-state index in [-0.39, 0.29) is 0 Å². The summed E-state index contributed by atoms with van der Waals surface area (Å²) < 4.78 is 1.74. The second kappa shape index (κ2) is 5.39. The summed E-state index contributed by atoms with van der Waals surface area (Å²) in [4.78, 5) is 4.44. The fraction of sp³-hybridized carbons (Fsp3) is 0.158. The van der Waals surface area contributed by atoms with Crippen molar-refractivity contribution >= 4 is 22.4 Å². The minimum absolute atomic E-state index is 0.425. The van der Waals surface area contributed by atoms with E-state index in [4.69, 9.17) is 5.73 Å². The number of nitrogens with zero attached hydrogens (tertiary/aromatic N) is 3. The van der Waals surface area contributed by atoms with Gasteiger partial charge in [0.2, 0.25) is 5.95 Å². The highest BCUT2D eigenvalue weighted by Gasteiger charge is 2.11. The number of para-hydroxylation sites is 1. The first-order valence-electron chi connectivity index (χ1n) is 7.86. The highest BCUT2D eigenvalue weighted by Crippen LogP contribution is 2.23. The van der Waals surface area contributed by atoms with Crippen LogP contribution < -0.4 is 5.73 Å². The maximum atomic E-state index is 6.07. The van der Waals surface area contributed by atoms with Gasteiger partial charge in [-0.25, -0.2) is 4.98 Å². The minimum Gasteiger partial charge on any atom is -0.368 e. The molecule has 2 heterocycles. The molecule has 0 saturated carbocycles. The quantitative estimate of drug-likeness (QED) is 0.629. The molecule has 0 saturated heterocycles. The maximum Gasteiger partial charge on any atom is 0.222 e. The van der Waals surface area contributed by atoms with Gasteiger partial charge in [-0.15, -0.1) is 0 Å². The lowest BCUT2D eigenvalue weighted by atomic mass is 10.0. The van der Waals surface area contributed by atoms with Gasteiger partial charge in [0.25, 0.3) is 0 Å². The zero-order valence-electron chi connectivity index (χ0n) is 13.0. The Kier molecular flexibility index (Phi) is 3.23. The number of aromatic nitrogens is 3. The number of rotatable bonds is 3. The van der Waals surface area contributed by atoms with Crippen LogP contribution in [0.4, 0.5) is 5.95 Å². The molecule has 0 aliphatic heterocycles. The molecule has 0 amide bonds. The molecule has 0 aliphatic rings. The number of nitrogen functional groups attached to an aromatic ring is 1. The fourth-order valence-electron chi connectivity index (χ4n) is 3.11. The van der Waals surface area contributed by atoms with E-state index in [0.29, 0.717) is 5.95 Å². The highest BCUT2D eigenvalue weighted by atomic mass is 15.3. The van der Waals surface area contributed by atoms with Crippen LogP contribution in [0.2, 0.25) is 0 Å². The molecule has 0 radical (unpaired) electrons. The maximum absolute atomic E-state index is 6.07. The number of fused-ring (bicyclic) bond motifs is 3. The summed E-state index contributed by atoms with van der Waals surface area (Å²) in [6, 6.07) is 18.6. The van der Waals surface area contributed by atoms with Crippen molar-refractivity contribution in [2.24, 2.45) is 0 Å². The van der Waals surface area contributed by atoms with Crippen molar-refractivity contribution in [1.29, 1.82) is 0 Å². The van der Waals surface area contributed by atoms with Crippen LogP contribution in [0.15, 0.2) is 54.6 Å². The Balaban J connectivity index is 1.86.